The van der Waals surface area contributed by atoms with E-state index in [-0.39, 0.29) is 0 Å². The number of hydrogen-bond acceptors (Lipinski definition) is 4. The van der Waals surface area contributed by atoms with Gasteiger partial charge >= 0.3 is 5.97 Å². The smallest absolute Gasteiger partial charge is 0.320 e. The number of hydrogen-bond donors (Lipinski definition) is 2. The Kier molecular flexibility index (Phi) is 4.04. The van der Waals surface area contributed by atoms with Crippen molar-refractivity contribution in [1.29, 1.82) is 0 Å². The number of carboxylic acid groups (broad SMARTS) is 1. The highest BCUT2D eigenvalue weighted by atomic mass is 16.5. The molecule has 1 atom stereocenters. The summed E-state index contributed by atoms with van der Waals surface area (Å²) < 4.78 is 7.45. The molecule has 1 unspecified atom stereocenters. The Labute approximate surface area is 129 Å². The van der Waals surface area contributed by atoms with Crippen molar-refractivity contribution in [2.75, 3.05) is 31.2 Å². The summed E-state index contributed by atoms with van der Waals surface area (Å²) >= 11 is 0. The number of aryl methyl sites for hydroxylation is 1. The average molecular weight is 303 g/mol. The number of carboxylic acids is 1. The summed E-state index contributed by atoms with van der Waals surface area (Å²) in [7, 11) is 1.97. The third-order valence-electron chi connectivity index (χ3n) is 4.18. The Bertz CT molecular complexity index is 689. The summed E-state index contributed by atoms with van der Waals surface area (Å²) in [5.41, 5.74) is 8.94. The van der Waals surface area contributed by atoms with Gasteiger partial charge in [0.05, 0.1) is 18.7 Å². The highest BCUT2D eigenvalue weighted by Crippen LogP contribution is 2.32. The molecule has 1 saturated heterocycles. The molecule has 0 bridgehead atoms. The van der Waals surface area contributed by atoms with E-state index in [0.29, 0.717) is 19.6 Å². The van der Waals surface area contributed by atoms with Gasteiger partial charge in [-0.1, -0.05) is 6.07 Å². The van der Waals surface area contributed by atoms with Crippen LogP contribution >= 0.6 is 0 Å². The van der Waals surface area contributed by atoms with Crippen molar-refractivity contribution in [3.63, 3.8) is 0 Å². The quantitative estimate of drug-likeness (QED) is 0.879. The lowest BCUT2D eigenvalue weighted by Gasteiger charge is -2.29. The second-order valence-electron chi connectivity index (χ2n) is 5.68. The molecule has 1 aliphatic rings. The Balaban J connectivity index is 2.06. The molecular formula is C16H21N3O3. The number of rotatable bonds is 4. The third-order valence-corrected chi connectivity index (χ3v) is 4.18. The number of nitrogens with two attached hydrogens (primary N) is 1. The van der Waals surface area contributed by atoms with E-state index in [1.807, 2.05) is 23.9 Å². The van der Waals surface area contributed by atoms with E-state index in [2.05, 4.69) is 17.0 Å². The number of aliphatic carboxylic acids is 1. The first kappa shape index (κ1) is 14.9. The van der Waals surface area contributed by atoms with Gasteiger partial charge in [0.25, 0.3) is 0 Å². The molecule has 22 heavy (non-hydrogen) atoms. The van der Waals surface area contributed by atoms with E-state index in [4.69, 9.17) is 15.6 Å². The van der Waals surface area contributed by atoms with Crippen LogP contribution < -0.4 is 10.6 Å². The van der Waals surface area contributed by atoms with E-state index in [0.717, 1.165) is 35.2 Å². The van der Waals surface area contributed by atoms with Crippen LogP contribution in [0.1, 0.15) is 5.56 Å². The molecule has 2 aromatic rings. The molecule has 0 spiro atoms. The fourth-order valence-corrected chi connectivity index (χ4v) is 3.07. The fourth-order valence-electron chi connectivity index (χ4n) is 3.07. The maximum atomic E-state index is 11.1. The highest BCUT2D eigenvalue weighted by molar-refractivity contribution is 5.96. The van der Waals surface area contributed by atoms with E-state index in [1.165, 1.54) is 0 Å². The van der Waals surface area contributed by atoms with E-state index in [1.54, 1.807) is 0 Å². The number of fused-ring (bicyclic) bond motifs is 1. The Morgan fingerprint density at radius 1 is 1.41 bits per heavy atom. The molecule has 1 fully saturated rings. The molecule has 0 aliphatic carbocycles. The van der Waals surface area contributed by atoms with Gasteiger partial charge in [-0.25, -0.2) is 0 Å². The van der Waals surface area contributed by atoms with Gasteiger partial charge in [-0.2, -0.15) is 0 Å². The second kappa shape index (κ2) is 5.98. The lowest BCUT2D eigenvalue weighted by Crippen LogP contribution is -2.36. The van der Waals surface area contributed by atoms with Crippen LogP contribution in [0.15, 0.2) is 24.4 Å². The molecule has 2 heterocycles. The molecule has 0 saturated carbocycles. The first-order valence-corrected chi connectivity index (χ1v) is 7.46. The maximum Gasteiger partial charge on any atom is 0.320 e. The van der Waals surface area contributed by atoms with Crippen LogP contribution in [0.25, 0.3) is 10.9 Å². The number of anilines is 1. The fraction of sp³-hybridized carbons (Fsp3) is 0.438. The molecule has 3 rings (SSSR count). The van der Waals surface area contributed by atoms with E-state index >= 15 is 0 Å². The molecular weight excluding hydrogens is 282 g/mol. The number of aromatic nitrogens is 1. The van der Waals surface area contributed by atoms with Gasteiger partial charge in [-0.3, -0.25) is 4.79 Å². The largest absolute Gasteiger partial charge is 0.480 e. The van der Waals surface area contributed by atoms with E-state index < -0.39 is 12.0 Å². The molecule has 0 radical (unpaired) electrons. The summed E-state index contributed by atoms with van der Waals surface area (Å²) in [6.45, 7) is 3.12. The van der Waals surface area contributed by atoms with Crippen molar-refractivity contribution >= 4 is 22.6 Å². The number of benzene rings is 1. The maximum absolute atomic E-state index is 11.1. The number of carbonyl (C=O) groups is 1. The molecule has 0 amide bonds. The SMILES string of the molecule is Cn1cc(CC(N)C(=O)O)c2c(N3CCOCC3)cccc21. The van der Waals surface area contributed by atoms with Crippen LogP contribution in [0.3, 0.4) is 0 Å². The van der Waals surface area contributed by atoms with Crippen molar-refractivity contribution in [2.45, 2.75) is 12.5 Å². The van der Waals surface area contributed by atoms with Gasteiger partial charge in [0.15, 0.2) is 0 Å². The van der Waals surface area contributed by atoms with Crippen LogP contribution in [0, 0.1) is 0 Å². The summed E-state index contributed by atoms with van der Waals surface area (Å²) in [6.07, 6.45) is 2.31. The van der Waals surface area contributed by atoms with Crippen molar-refractivity contribution in [3.8, 4) is 0 Å². The van der Waals surface area contributed by atoms with Crippen molar-refractivity contribution < 1.29 is 14.6 Å². The molecule has 6 nitrogen and oxygen atoms in total. The standard InChI is InChI=1S/C16H21N3O3/c1-18-10-11(9-12(17)16(20)21)15-13(18)3-2-4-14(15)19-5-7-22-8-6-19/h2-4,10,12H,5-9,17H2,1H3,(H,20,21). The highest BCUT2D eigenvalue weighted by Gasteiger charge is 2.20. The van der Waals surface area contributed by atoms with Crippen LogP contribution in [0.5, 0.6) is 0 Å². The summed E-state index contributed by atoms with van der Waals surface area (Å²) in [5, 5.41) is 10.2. The predicted octanol–water partition coefficient (Wildman–Crippen LogP) is 0.969. The van der Waals surface area contributed by atoms with Gasteiger partial charge in [-0.05, 0) is 17.7 Å². The van der Waals surface area contributed by atoms with Crippen LogP contribution in [-0.4, -0.2) is 48.0 Å². The topological polar surface area (TPSA) is 80.7 Å². The van der Waals surface area contributed by atoms with Crippen LogP contribution in [-0.2, 0) is 23.0 Å². The Morgan fingerprint density at radius 3 is 2.82 bits per heavy atom. The number of morpholine rings is 1. The molecule has 3 N–H and O–H groups in total. The van der Waals surface area contributed by atoms with Crippen molar-refractivity contribution in [2.24, 2.45) is 12.8 Å². The zero-order valence-corrected chi connectivity index (χ0v) is 12.7. The van der Waals surface area contributed by atoms with Gasteiger partial charge in [-0.15, -0.1) is 0 Å². The zero-order chi connectivity index (χ0) is 15.7. The average Bonchev–Trinajstić information content (AvgIpc) is 2.84. The first-order chi connectivity index (χ1) is 10.6. The Hall–Kier alpha value is -2.05. The second-order valence-corrected chi connectivity index (χ2v) is 5.68. The van der Waals surface area contributed by atoms with Gasteiger partial charge in [0, 0.05) is 43.8 Å². The molecule has 1 aromatic carbocycles. The molecule has 118 valence electrons. The molecule has 1 aliphatic heterocycles. The van der Waals surface area contributed by atoms with Gasteiger partial charge < -0.3 is 25.0 Å². The number of nitrogens with zero attached hydrogens (tertiary/aromatic N) is 2. The third kappa shape index (κ3) is 2.67. The number of ether oxygens (including phenoxy) is 1. The lowest BCUT2D eigenvalue weighted by atomic mass is 10.0. The molecule has 1 aromatic heterocycles. The summed E-state index contributed by atoms with van der Waals surface area (Å²) in [5.74, 6) is -0.971. The molecule has 6 heteroatoms. The monoisotopic (exact) mass is 303 g/mol. The van der Waals surface area contributed by atoms with Crippen LogP contribution in [0.4, 0.5) is 5.69 Å². The summed E-state index contributed by atoms with van der Waals surface area (Å²) in [4.78, 5) is 13.4. The normalized spacial score (nSPS) is 16.9. The summed E-state index contributed by atoms with van der Waals surface area (Å²) in [6, 6.07) is 5.29. The minimum atomic E-state index is -0.971. The Morgan fingerprint density at radius 2 is 2.14 bits per heavy atom. The van der Waals surface area contributed by atoms with E-state index in [9.17, 15) is 4.79 Å². The minimum Gasteiger partial charge on any atom is -0.480 e. The van der Waals surface area contributed by atoms with Crippen molar-refractivity contribution in [3.05, 3.63) is 30.0 Å². The minimum absolute atomic E-state index is 0.327. The lowest BCUT2D eigenvalue weighted by molar-refractivity contribution is -0.138. The van der Waals surface area contributed by atoms with Crippen molar-refractivity contribution in [1.82, 2.24) is 4.57 Å². The van der Waals surface area contributed by atoms with Gasteiger partial charge in [0.2, 0.25) is 0 Å². The first-order valence-electron chi connectivity index (χ1n) is 7.46. The zero-order valence-electron chi connectivity index (χ0n) is 12.7. The predicted molar refractivity (Wildman–Crippen MR) is 85.3 cm³/mol. The van der Waals surface area contributed by atoms with Crippen LogP contribution in [0.2, 0.25) is 0 Å². The van der Waals surface area contributed by atoms with Gasteiger partial charge in [0.1, 0.15) is 6.04 Å².